The number of rotatable bonds is 7. The van der Waals surface area contributed by atoms with Crippen LogP contribution in [0.4, 0.5) is 4.39 Å². The molecule has 23 heavy (non-hydrogen) atoms. The predicted octanol–water partition coefficient (Wildman–Crippen LogP) is 0.504. The molecule has 0 aliphatic heterocycles. The van der Waals surface area contributed by atoms with Crippen LogP contribution in [-0.2, 0) is 18.3 Å². The van der Waals surface area contributed by atoms with Crippen LogP contribution in [0.15, 0.2) is 29.4 Å². The lowest BCUT2D eigenvalue weighted by atomic mass is 10.2. The minimum absolute atomic E-state index is 0.00293. The molecule has 0 aliphatic rings. The molecule has 7 nitrogen and oxygen atoms in total. The number of carbonyl (C=O) groups excluding carboxylic acids is 2. The number of nitrogens with one attached hydrogen (secondary N) is 1. The molecule has 1 aromatic carbocycles. The monoisotopic (exact) mass is 337 g/mol. The lowest BCUT2D eigenvalue weighted by molar-refractivity contribution is -0.115. The van der Waals surface area contributed by atoms with Gasteiger partial charge in [0, 0.05) is 20.0 Å². The second-order valence-corrected chi connectivity index (χ2v) is 5.64. The zero-order valence-corrected chi connectivity index (χ0v) is 13.3. The Kier molecular flexibility index (Phi) is 5.69. The van der Waals surface area contributed by atoms with Gasteiger partial charge in [0.05, 0.1) is 11.3 Å². The Balaban J connectivity index is 1.88. The standard InChI is InChI=1S/C14H16FN5O2S/c1-20-12(18-19-14(20)23-8-11(16)21)6-7-17-13(22)9-4-2-3-5-10(9)15/h2-5H,6-8H2,1H3,(H2,16,21)(H,17,22). The van der Waals surface area contributed by atoms with Crippen LogP contribution in [-0.4, -0.2) is 38.9 Å². The fourth-order valence-electron chi connectivity index (χ4n) is 1.85. The molecule has 2 rings (SSSR count). The number of primary amides is 1. The van der Waals surface area contributed by atoms with Gasteiger partial charge in [-0.15, -0.1) is 10.2 Å². The highest BCUT2D eigenvalue weighted by Gasteiger charge is 2.12. The van der Waals surface area contributed by atoms with Crippen LogP contribution in [0.5, 0.6) is 0 Å². The van der Waals surface area contributed by atoms with Crippen molar-refractivity contribution >= 4 is 23.6 Å². The Morgan fingerprint density at radius 2 is 2.09 bits per heavy atom. The van der Waals surface area contributed by atoms with Crippen molar-refractivity contribution in [3.05, 3.63) is 41.5 Å². The number of benzene rings is 1. The minimum atomic E-state index is -0.561. The van der Waals surface area contributed by atoms with Crippen molar-refractivity contribution < 1.29 is 14.0 Å². The Hall–Kier alpha value is -2.42. The Morgan fingerprint density at radius 3 is 2.78 bits per heavy atom. The molecule has 0 atom stereocenters. The largest absolute Gasteiger partial charge is 0.369 e. The first-order valence-corrected chi connectivity index (χ1v) is 7.79. The fourth-order valence-corrected chi connectivity index (χ4v) is 2.52. The molecular weight excluding hydrogens is 321 g/mol. The van der Waals surface area contributed by atoms with Gasteiger partial charge in [-0.1, -0.05) is 23.9 Å². The molecular formula is C14H16FN5O2S. The number of amides is 2. The van der Waals surface area contributed by atoms with Gasteiger partial charge in [-0.25, -0.2) is 4.39 Å². The van der Waals surface area contributed by atoms with Gasteiger partial charge in [-0.2, -0.15) is 0 Å². The second kappa shape index (κ2) is 7.73. The van der Waals surface area contributed by atoms with Crippen LogP contribution in [0.25, 0.3) is 0 Å². The van der Waals surface area contributed by atoms with E-state index in [2.05, 4.69) is 15.5 Å². The topological polar surface area (TPSA) is 103 Å². The van der Waals surface area contributed by atoms with Gasteiger partial charge in [-0.05, 0) is 12.1 Å². The number of hydrogen-bond acceptors (Lipinski definition) is 5. The minimum Gasteiger partial charge on any atom is -0.369 e. The number of halogens is 1. The maximum Gasteiger partial charge on any atom is 0.254 e. The summed E-state index contributed by atoms with van der Waals surface area (Å²) in [6.45, 7) is 0.291. The molecule has 0 saturated carbocycles. The number of nitrogens with two attached hydrogens (primary N) is 1. The summed E-state index contributed by atoms with van der Waals surface area (Å²) in [7, 11) is 1.76. The van der Waals surface area contributed by atoms with Crippen molar-refractivity contribution in [1.29, 1.82) is 0 Å². The third kappa shape index (κ3) is 4.52. The summed E-state index contributed by atoms with van der Waals surface area (Å²) in [5.74, 6) is -0.708. The van der Waals surface area contributed by atoms with Crippen molar-refractivity contribution in [1.82, 2.24) is 20.1 Å². The number of thioether (sulfide) groups is 1. The molecule has 1 aromatic heterocycles. The molecule has 122 valence electrons. The van der Waals surface area contributed by atoms with E-state index in [-0.39, 0.29) is 11.3 Å². The molecule has 1 heterocycles. The van der Waals surface area contributed by atoms with E-state index in [4.69, 9.17) is 5.73 Å². The highest BCUT2D eigenvalue weighted by Crippen LogP contribution is 2.15. The van der Waals surface area contributed by atoms with Crippen LogP contribution in [0.1, 0.15) is 16.2 Å². The summed E-state index contributed by atoms with van der Waals surface area (Å²) < 4.78 is 15.2. The van der Waals surface area contributed by atoms with Gasteiger partial charge in [0.15, 0.2) is 5.16 Å². The first-order chi connectivity index (χ1) is 11.0. The second-order valence-electron chi connectivity index (χ2n) is 4.70. The zero-order chi connectivity index (χ0) is 16.8. The molecule has 0 bridgehead atoms. The van der Waals surface area contributed by atoms with Crippen molar-refractivity contribution in [2.75, 3.05) is 12.3 Å². The molecule has 2 amide bonds. The van der Waals surface area contributed by atoms with Crippen molar-refractivity contribution in [2.24, 2.45) is 12.8 Å². The lowest BCUT2D eigenvalue weighted by Crippen LogP contribution is -2.27. The molecule has 3 N–H and O–H groups in total. The number of aromatic nitrogens is 3. The molecule has 9 heteroatoms. The summed E-state index contributed by atoms with van der Waals surface area (Å²) in [6.07, 6.45) is 0.431. The van der Waals surface area contributed by atoms with Crippen molar-refractivity contribution in [3.63, 3.8) is 0 Å². The highest BCUT2D eigenvalue weighted by molar-refractivity contribution is 7.99. The van der Waals surface area contributed by atoms with Crippen LogP contribution >= 0.6 is 11.8 Å². The molecule has 0 unspecified atom stereocenters. The fraction of sp³-hybridized carbons (Fsp3) is 0.286. The molecule has 0 spiro atoms. The number of hydrogen-bond donors (Lipinski definition) is 2. The van der Waals surface area contributed by atoms with E-state index in [0.29, 0.717) is 23.9 Å². The molecule has 0 aliphatic carbocycles. The van der Waals surface area contributed by atoms with Crippen LogP contribution < -0.4 is 11.1 Å². The van der Waals surface area contributed by atoms with Crippen molar-refractivity contribution in [3.8, 4) is 0 Å². The summed E-state index contributed by atoms with van der Waals surface area (Å²) in [4.78, 5) is 22.6. The van der Waals surface area contributed by atoms with Gasteiger partial charge >= 0.3 is 0 Å². The Bertz CT molecular complexity index is 719. The van der Waals surface area contributed by atoms with Gasteiger partial charge in [0.2, 0.25) is 5.91 Å². The summed E-state index contributed by atoms with van der Waals surface area (Å²) in [6, 6.07) is 5.78. The lowest BCUT2D eigenvalue weighted by Gasteiger charge is -2.06. The summed E-state index contributed by atoms with van der Waals surface area (Å²) in [5, 5.41) is 11.2. The van der Waals surface area contributed by atoms with Gasteiger partial charge in [-0.3, -0.25) is 9.59 Å². The van der Waals surface area contributed by atoms with Gasteiger partial charge in [0.25, 0.3) is 5.91 Å². The third-order valence-electron chi connectivity index (χ3n) is 3.02. The van der Waals surface area contributed by atoms with Crippen molar-refractivity contribution in [2.45, 2.75) is 11.6 Å². The maximum atomic E-state index is 13.5. The average Bonchev–Trinajstić information content (AvgIpc) is 2.86. The Morgan fingerprint density at radius 1 is 1.35 bits per heavy atom. The van der Waals surface area contributed by atoms with E-state index in [1.165, 1.54) is 30.0 Å². The number of nitrogens with zero attached hydrogens (tertiary/aromatic N) is 3. The number of carbonyl (C=O) groups is 2. The predicted molar refractivity (Wildman–Crippen MR) is 83.4 cm³/mol. The molecule has 2 aromatic rings. The summed E-state index contributed by atoms with van der Waals surface area (Å²) in [5.41, 5.74) is 5.09. The smallest absolute Gasteiger partial charge is 0.254 e. The maximum absolute atomic E-state index is 13.5. The Labute approximate surface area is 136 Å². The quantitative estimate of drug-likeness (QED) is 0.716. The van der Waals surface area contributed by atoms with Crippen LogP contribution in [0, 0.1) is 5.82 Å². The van der Waals surface area contributed by atoms with E-state index in [1.807, 2.05) is 0 Å². The highest BCUT2D eigenvalue weighted by atomic mass is 32.2. The van der Waals surface area contributed by atoms with E-state index < -0.39 is 17.6 Å². The van der Waals surface area contributed by atoms with Gasteiger partial charge < -0.3 is 15.6 Å². The van der Waals surface area contributed by atoms with Gasteiger partial charge in [0.1, 0.15) is 11.6 Å². The van der Waals surface area contributed by atoms with E-state index in [9.17, 15) is 14.0 Å². The summed E-state index contributed by atoms with van der Waals surface area (Å²) >= 11 is 1.19. The van der Waals surface area contributed by atoms with E-state index in [0.717, 1.165) is 0 Å². The van der Waals surface area contributed by atoms with E-state index in [1.54, 1.807) is 17.7 Å². The SMILES string of the molecule is Cn1c(CCNC(=O)c2ccccc2F)nnc1SCC(N)=O. The first kappa shape index (κ1) is 16.9. The first-order valence-electron chi connectivity index (χ1n) is 6.81. The average molecular weight is 337 g/mol. The van der Waals surface area contributed by atoms with E-state index >= 15 is 0 Å². The third-order valence-corrected chi connectivity index (χ3v) is 4.06. The molecule has 0 fully saturated rings. The molecule has 0 radical (unpaired) electrons. The van der Waals surface area contributed by atoms with Crippen LogP contribution in [0.2, 0.25) is 0 Å². The van der Waals surface area contributed by atoms with Crippen LogP contribution in [0.3, 0.4) is 0 Å². The zero-order valence-electron chi connectivity index (χ0n) is 12.5. The normalized spacial score (nSPS) is 10.5. The molecule has 0 saturated heterocycles.